The van der Waals surface area contributed by atoms with Gasteiger partial charge in [-0.1, -0.05) is 0 Å². The Bertz CT molecular complexity index is 436. The predicted octanol–water partition coefficient (Wildman–Crippen LogP) is 2.24. The van der Waals surface area contributed by atoms with Gasteiger partial charge >= 0.3 is 0 Å². The number of nitrogens with zero attached hydrogens (tertiary/aromatic N) is 3. The third-order valence-corrected chi connectivity index (χ3v) is 3.62. The van der Waals surface area contributed by atoms with Gasteiger partial charge in [0.15, 0.2) is 0 Å². The summed E-state index contributed by atoms with van der Waals surface area (Å²) in [6.07, 6.45) is 6.54. The molecule has 1 N–H and O–H groups in total. The fourth-order valence-electron chi connectivity index (χ4n) is 2.55. The van der Waals surface area contributed by atoms with Crippen LogP contribution in [0.1, 0.15) is 31.2 Å². The van der Waals surface area contributed by atoms with Crippen LogP contribution in [0.25, 0.3) is 0 Å². The predicted molar refractivity (Wildman–Crippen MR) is 72.3 cm³/mol. The zero-order chi connectivity index (χ0) is 13.0. The van der Waals surface area contributed by atoms with Gasteiger partial charge in [0, 0.05) is 18.3 Å². The van der Waals surface area contributed by atoms with Gasteiger partial charge < -0.3 is 10.2 Å². The summed E-state index contributed by atoms with van der Waals surface area (Å²) in [7, 11) is 4.28. The maximum Gasteiger partial charge on any atom is 0.127 e. The van der Waals surface area contributed by atoms with Gasteiger partial charge in [-0.2, -0.15) is 5.26 Å². The number of anilines is 1. The Morgan fingerprint density at radius 1 is 1.44 bits per heavy atom. The van der Waals surface area contributed by atoms with Gasteiger partial charge in [-0.3, -0.25) is 0 Å². The third kappa shape index (κ3) is 3.21. The number of pyridine rings is 1. The molecule has 4 nitrogen and oxygen atoms in total. The highest BCUT2D eigenvalue weighted by Gasteiger charge is 2.23. The summed E-state index contributed by atoms with van der Waals surface area (Å²) in [5, 5.41) is 12.3. The van der Waals surface area contributed by atoms with Crippen molar-refractivity contribution < 1.29 is 0 Å². The largest absolute Gasteiger partial charge is 0.367 e. The van der Waals surface area contributed by atoms with Crippen molar-refractivity contribution in [2.24, 2.45) is 0 Å². The second-order valence-corrected chi connectivity index (χ2v) is 5.17. The van der Waals surface area contributed by atoms with Crippen LogP contribution in [0.5, 0.6) is 0 Å². The first-order valence-corrected chi connectivity index (χ1v) is 6.48. The van der Waals surface area contributed by atoms with E-state index in [9.17, 15) is 0 Å². The molecule has 4 heteroatoms. The lowest BCUT2D eigenvalue weighted by molar-refractivity contribution is 0.219. The van der Waals surface area contributed by atoms with Gasteiger partial charge in [-0.05, 0) is 51.9 Å². The fraction of sp³-hybridized carbons (Fsp3) is 0.571. The van der Waals surface area contributed by atoms with Crippen LogP contribution in [-0.4, -0.2) is 36.1 Å². The molecule has 0 spiro atoms. The number of nitriles is 1. The van der Waals surface area contributed by atoms with E-state index in [1.807, 2.05) is 6.07 Å². The fourth-order valence-corrected chi connectivity index (χ4v) is 2.55. The van der Waals surface area contributed by atoms with Crippen molar-refractivity contribution in [1.29, 1.82) is 5.26 Å². The third-order valence-electron chi connectivity index (χ3n) is 3.62. The lowest BCUT2D eigenvalue weighted by Crippen LogP contribution is -2.38. The highest BCUT2D eigenvalue weighted by molar-refractivity contribution is 5.43. The first-order valence-electron chi connectivity index (χ1n) is 6.48. The smallest absolute Gasteiger partial charge is 0.127 e. The van der Waals surface area contributed by atoms with E-state index in [0.717, 1.165) is 12.2 Å². The van der Waals surface area contributed by atoms with E-state index in [-0.39, 0.29) is 0 Å². The van der Waals surface area contributed by atoms with E-state index in [4.69, 9.17) is 5.26 Å². The van der Waals surface area contributed by atoms with E-state index in [1.54, 1.807) is 12.3 Å². The Kier molecular flexibility index (Phi) is 4.16. The molecule has 0 amide bonds. The molecule has 0 bridgehead atoms. The Morgan fingerprint density at radius 2 is 2.28 bits per heavy atom. The maximum atomic E-state index is 8.87. The summed E-state index contributed by atoms with van der Waals surface area (Å²) in [5.74, 6) is 0.818. The molecule has 96 valence electrons. The standard InChI is InChI=1S/C14H20N4/c1-18(2)13-5-3-4-12(9-13)17-14-8-11(10-15)6-7-16-14/h6-8,12-13H,3-5,9H2,1-2H3,(H,16,17)/t12-,13+/m1/s1. The lowest BCUT2D eigenvalue weighted by Gasteiger charge is -2.34. The van der Waals surface area contributed by atoms with Crippen LogP contribution in [0, 0.1) is 11.3 Å². The number of rotatable bonds is 3. The first-order chi connectivity index (χ1) is 8.69. The van der Waals surface area contributed by atoms with Gasteiger partial charge in [0.2, 0.25) is 0 Å². The second kappa shape index (κ2) is 5.83. The molecule has 1 saturated carbocycles. The number of aromatic nitrogens is 1. The van der Waals surface area contributed by atoms with E-state index in [1.165, 1.54) is 19.3 Å². The van der Waals surface area contributed by atoms with E-state index < -0.39 is 0 Å². The molecule has 1 aliphatic carbocycles. The molecule has 1 aromatic rings. The molecule has 2 rings (SSSR count). The van der Waals surface area contributed by atoms with Gasteiger partial charge in [0.25, 0.3) is 0 Å². The van der Waals surface area contributed by atoms with Crippen molar-refractivity contribution in [3.05, 3.63) is 23.9 Å². The van der Waals surface area contributed by atoms with Crippen LogP contribution in [0.2, 0.25) is 0 Å². The topological polar surface area (TPSA) is 52.0 Å². The number of hydrogen-bond acceptors (Lipinski definition) is 4. The minimum Gasteiger partial charge on any atom is -0.367 e. The second-order valence-electron chi connectivity index (χ2n) is 5.17. The van der Waals surface area contributed by atoms with Gasteiger partial charge in [-0.15, -0.1) is 0 Å². The van der Waals surface area contributed by atoms with Crippen molar-refractivity contribution in [3.63, 3.8) is 0 Å². The van der Waals surface area contributed by atoms with E-state index in [0.29, 0.717) is 17.6 Å². The zero-order valence-corrected chi connectivity index (χ0v) is 11.1. The quantitative estimate of drug-likeness (QED) is 0.886. The minimum absolute atomic E-state index is 0.465. The highest BCUT2D eigenvalue weighted by atomic mass is 15.1. The zero-order valence-electron chi connectivity index (χ0n) is 11.1. The average molecular weight is 244 g/mol. The maximum absolute atomic E-state index is 8.87. The highest BCUT2D eigenvalue weighted by Crippen LogP contribution is 2.24. The molecular formula is C14H20N4. The molecule has 0 aliphatic heterocycles. The van der Waals surface area contributed by atoms with Crippen LogP contribution in [0.4, 0.5) is 5.82 Å². The van der Waals surface area contributed by atoms with Crippen molar-refractivity contribution in [3.8, 4) is 6.07 Å². The lowest BCUT2D eigenvalue weighted by atomic mass is 9.90. The van der Waals surface area contributed by atoms with E-state index in [2.05, 4.69) is 35.4 Å². The summed E-state index contributed by atoms with van der Waals surface area (Å²) in [6.45, 7) is 0. The summed E-state index contributed by atoms with van der Waals surface area (Å²) >= 11 is 0. The summed E-state index contributed by atoms with van der Waals surface area (Å²) in [5.41, 5.74) is 0.660. The molecule has 1 heterocycles. The monoisotopic (exact) mass is 244 g/mol. The molecule has 1 aliphatic rings. The minimum atomic E-state index is 0.465. The van der Waals surface area contributed by atoms with Gasteiger partial charge in [-0.25, -0.2) is 4.98 Å². The molecule has 2 atom stereocenters. The molecule has 0 saturated heterocycles. The summed E-state index contributed by atoms with van der Waals surface area (Å²) in [6, 6.07) is 6.81. The Hall–Kier alpha value is -1.60. The normalized spacial score (nSPS) is 23.7. The van der Waals surface area contributed by atoms with E-state index >= 15 is 0 Å². The van der Waals surface area contributed by atoms with Crippen LogP contribution < -0.4 is 5.32 Å². The van der Waals surface area contributed by atoms with Crippen LogP contribution in [-0.2, 0) is 0 Å². The Balaban J connectivity index is 1.98. The van der Waals surface area contributed by atoms with Crippen LogP contribution >= 0.6 is 0 Å². The molecule has 0 aromatic carbocycles. The Morgan fingerprint density at radius 3 is 3.00 bits per heavy atom. The van der Waals surface area contributed by atoms with Crippen LogP contribution in [0.3, 0.4) is 0 Å². The van der Waals surface area contributed by atoms with Crippen molar-refractivity contribution >= 4 is 5.82 Å². The van der Waals surface area contributed by atoms with Crippen molar-refractivity contribution in [2.75, 3.05) is 19.4 Å². The molecule has 18 heavy (non-hydrogen) atoms. The van der Waals surface area contributed by atoms with Gasteiger partial charge in [0.1, 0.15) is 5.82 Å². The molecule has 1 aromatic heterocycles. The molecule has 1 fully saturated rings. The Labute approximate surface area is 109 Å². The summed E-state index contributed by atoms with van der Waals surface area (Å²) in [4.78, 5) is 6.57. The molecule has 0 unspecified atom stereocenters. The van der Waals surface area contributed by atoms with Gasteiger partial charge in [0.05, 0.1) is 11.6 Å². The molecular weight excluding hydrogens is 224 g/mol. The number of hydrogen-bond donors (Lipinski definition) is 1. The van der Waals surface area contributed by atoms with Crippen LogP contribution in [0.15, 0.2) is 18.3 Å². The average Bonchev–Trinajstić information content (AvgIpc) is 2.39. The van der Waals surface area contributed by atoms with Crippen molar-refractivity contribution in [2.45, 2.75) is 37.8 Å². The number of nitrogens with one attached hydrogen (secondary N) is 1. The molecule has 0 radical (unpaired) electrons. The van der Waals surface area contributed by atoms with Crippen molar-refractivity contribution in [1.82, 2.24) is 9.88 Å². The SMILES string of the molecule is CN(C)[C@H]1CCC[C@@H](Nc2cc(C#N)ccn2)C1. The summed E-state index contributed by atoms with van der Waals surface area (Å²) < 4.78 is 0. The first kappa shape index (κ1) is 12.8.